The zero-order valence-corrected chi connectivity index (χ0v) is 12.9. The number of amides is 1. The standard InChI is InChI=1S/C13H18BrNO2S/c1-9(7-10(2)16)8-15-13(17)6-4-11-3-5-12(14)18-11/h3-6,9-10,16H,7-8H2,1-2H3,(H,15,17). The van der Waals surface area contributed by atoms with Crippen LogP contribution in [0.1, 0.15) is 25.1 Å². The number of aliphatic hydroxyl groups excluding tert-OH is 1. The molecule has 0 aromatic carbocycles. The minimum atomic E-state index is -0.323. The number of aliphatic hydroxyl groups is 1. The molecule has 1 amide bonds. The Hall–Kier alpha value is -0.650. The van der Waals surface area contributed by atoms with E-state index >= 15 is 0 Å². The van der Waals surface area contributed by atoms with Gasteiger partial charge in [0, 0.05) is 17.5 Å². The largest absolute Gasteiger partial charge is 0.393 e. The number of rotatable bonds is 6. The number of carbonyl (C=O) groups is 1. The first-order valence-corrected chi connectivity index (χ1v) is 7.47. The number of halogens is 1. The van der Waals surface area contributed by atoms with Crippen molar-refractivity contribution >= 4 is 39.2 Å². The predicted octanol–water partition coefficient (Wildman–Crippen LogP) is 3.05. The second kappa shape index (κ2) is 7.71. The molecule has 0 bridgehead atoms. The van der Waals surface area contributed by atoms with Crippen molar-refractivity contribution in [2.45, 2.75) is 26.4 Å². The Bertz CT molecular complexity index is 415. The van der Waals surface area contributed by atoms with Gasteiger partial charge in [0.2, 0.25) is 5.91 Å². The maximum absolute atomic E-state index is 11.5. The fourth-order valence-electron chi connectivity index (χ4n) is 1.58. The van der Waals surface area contributed by atoms with Crippen molar-refractivity contribution < 1.29 is 9.90 Å². The van der Waals surface area contributed by atoms with Crippen molar-refractivity contribution in [2.75, 3.05) is 6.54 Å². The SMILES string of the molecule is CC(O)CC(C)CNC(=O)C=Cc1ccc(Br)s1. The van der Waals surface area contributed by atoms with E-state index in [9.17, 15) is 9.90 Å². The van der Waals surface area contributed by atoms with Crippen molar-refractivity contribution in [1.29, 1.82) is 0 Å². The van der Waals surface area contributed by atoms with Gasteiger partial charge in [0.15, 0.2) is 0 Å². The van der Waals surface area contributed by atoms with E-state index in [-0.39, 0.29) is 17.9 Å². The average Bonchev–Trinajstić information content (AvgIpc) is 2.69. The van der Waals surface area contributed by atoms with Crippen molar-refractivity contribution in [1.82, 2.24) is 5.32 Å². The lowest BCUT2D eigenvalue weighted by molar-refractivity contribution is -0.116. The molecule has 1 heterocycles. The van der Waals surface area contributed by atoms with Crippen LogP contribution in [0.5, 0.6) is 0 Å². The van der Waals surface area contributed by atoms with Crippen molar-refractivity contribution in [2.24, 2.45) is 5.92 Å². The summed E-state index contributed by atoms with van der Waals surface area (Å²) >= 11 is 4.95. The van der Waals surface area contributed by atoms with Crippen molar-refractivity contribution in [3.05, 3.63) is 26.9 Å². The molecule has 0 radical (unpaired) electrons. The molecule has 3 nitrogen and oxygen atoms in total. The molecule has 0 aliphatic carbocycles. The molecule has 2 atom stereocenters. The first kappa shape index (κ1) is 15.4. The van der Waals surface area contributed by atoms with Crippen LogP contribution in [-0.4, -0.2) is 23.7 Å². The lowest BCUT2D eigenvalue weighted by Gasteiger charge is -2.13. The fourth-order valence-corrected chi connectivity index (χ4v) is 2.90. The molecule has 0 saturated carbocycles. The molecular formula is C13H18BrNO2S. The Morgan fingerprint density at radius 2 is 2.28 bits per heavy atom. The summed E-state index contributed by atoms with van der Waals surface area (Å²) in [6.07, 6.45) is 3.70. The molecule has 2 N–H and O–H groups in total. The lowest BCUT2D eigenvalue weighted by atomic mass is 10.0. The van der Waals surface area contributed by atoms with Crippen LogP contribution in [0.4, 0.5) is 0 Å². The molecular weight excluding hydrogens is 314 g/mol. The van der Waals surface area contributed by atoms with E-state index in [1.807, 2.05) is 19.1 Å². The lowest BCUT2D eigenvalue weighted by Crippen LogP contribution is -2.27. The van der Waals surface area contributed by atoms with Crippen LogP contribution >= 0.6 is 27.3 Å². The molecule has 0 aliphatic rings. The monoisotopic (exact) mass is 331 g/mol. The van der Waals surface area contributed by atoms with Gasteiger partial charge in [-0.3, -0.25) is 4.79 Å². The van der Waals surface area contributed by atoms with Crippen LogP contribution < -0.4 is 5.32 Å². The quantitative estimate of drug-likeness (QED) is 0.787. The van der Waals surface area contributed by atoms with Crippen LogP contribution in [-0.2, 0) is 4.79 Å². The number of thiophene rings is 1. The third-order valence-electron chi connectivity index (χ3n) is 2.36. The number of carbonyl (C=O) groups excluding carboxylic acids is 1. The summed E-state index contributed by atoms with van der Waals surface area (Å²) in [6, 6.07) is 3.90. The van der Waals surface area contributed by atoms with Crippen molar-refractivity contribution in [3.8, 4) is 0 Å². The Morgan fingerprint density at radius 1 is 1.56 bits per heavy atom. The Morgan fingerprint density at radius 3 is 2.83 bits per heavy atom. The van der Waals surface area contributed by atoms with E-state index in [0.717, 1.165) is 8.66 Å². The van der Waals surface area contributed by atoms with E-state index in [2.05, 4.69) is 21.2 Å². The molecule has 0 spiro atoms. The van der Waals surface area contributed by atoms with Crippen LogP contribution in [0.15, 0.2) is 22.0 Å². The van der Waals surface area contributed by atoms with Gasteiger partial charge in [-0.05, 0) is 53.4 Å². The van der Waals surface area contributed by atoms with Gasteiger partial charge in [0.25, 0.3) is 0 Å². The summed E-state index contributed by atoms with van der Waals surface area (Å²) in [6.45, 7) is 4.35. The summed E-state index contributed by atoms with van der Waals surface area (Å²) < 4.78 is 1.05. The molecule has 1 aromatic heterocycles. The zero-order valence-electron chi connectivity index (χ0n) is 10.5. The van der Waals surface area contributed by atoms with E-state index in [0.29, 0.717) is 13.0 Å². The second-order valence-corrected chi connectivity index (χ2v) is 6.90. The highest BCUT2D eigenvalue weighted by Gasteiger charge is 2.06. The van der Waals surface area contributed by atoms with Gasteiger partial charge in [-0.1, -0.05) is 6.92 Å². The minimum Gasteiger partial charge on any atom is -0.393 e. The summed E-state index contributed by atoms with van der Waals surface area (Å²) in [5.41, 5.74) is 0. The van der Waals surface area contributed by atoms with E-state index in [4.69, 9.17) is 0 Å². The highest BCUT2D eigenvalue weighted by atomic mass is 79.9. The third-order valence-corrected chi connectivity index (χ3v) is 3.95. The van der Waals surface area contributed by atoms with Crippen LogP contribution in [0.25, 0.3) is 6.08 Å². The number of nitrogens with one attached hydrogen (secondary N) is 1. The maximum Gasteiger partial charge on any atom is 0.244 e. The smallest absolute Gasteiger partial charge is 0.244 e. The molecule has 0 aliphatic heterocycles. The molecule has 2 unspecified atom stereocenters. The second-order valence-electron chi connectivity index (χ2n) is 4.41. The highest BCUT2D eigenvalue weighted by molar-refractivity contribution is 9.11. The normalized spacial score (nSPS) is 14.7. The van der Waals surface area contributed by atoms with Crippen molar-refractivity contribution in [3.63, 3.8) is 0 Å². The van der Waals surface area contributed by atoms with Crippen LogP contribution in [0, 0.1) is 5.92 Å². The Balaban J connectivity index is 2.31. The molecule has 5 heteroatoms. The Labute approximate surface area is 120 Å². The molecule has 1 rings (SSSR count). The van der Waals surface area contributed by atoms with Gasteiger partial charge in [-0.25, -0.2) is 0 Å². The third kappa shape index (κ3) is 6.33. The van der Waals surface area contributed by atoms with Gasteiger partial charge in [-0.2, -0.15) is 0 Å². The van der Waals surface area contributed by atoms with Gasteiger partial charge < -0.3 is 10.4 Å². The van der Waals surface area contributed by atoms with E-state index in [1.54, 1.807) is 24.3 Å². The average molecular weight is 332 g/mol. The summed E-state index contributed by atoms with van der Waals surface area (Å²) in [4.78, 5) is 12.6. The number of hydrogen-bond acceptors (Lipinski definition) is 3. The zero-order chi connectivity index (χ0) is 13.5. The summed E-state index contributed by atoms with van der Waals surface area (Å²) in [5.74, 6) is 0.176. The molecule has 0 saturated heterocycles. The van der Waals surface area contributed by atoms with Gasteiger partial charge in [0.05, 0.1) is 9.89 Å². The molecule has 18 heavy (non-hydrogen) atoms. The van der Waals surface area contributed by atoms with Crippen LogP contribution in [0.2, 0.25) is 0 Å². The predicted molar refractivity (Wildman–Crippen MR) is 79.5 cm³/mol. The first-order valence-electron chi connectivity index (χ1n) is 5.86. The van der Waals surface area contributed by atoms with E-state index in [1.165, 1.54) is 6.08 Å². The topological polar surface area (TPSA) is 49.3 Å². The van der Waals surface area contributed by atoms with E-state index < -0.39 is 0 Å². The van der Waals surface area contributed by atoms with Crippen LogP contribution in [0.3, 0.4) is 0 Å². The fraction of sp³-hybridized carbons (Fsp3) is 0.462. The van der Waals surface area contributed by atoms with Gasteiger partial charge >= 0.3 is 0 Å². The maximum atomic E-state index is 11.5. The van der Waals surface area contributed by atoms with Gasteiger partial charge in [-0.15, -0.1) is 11.3 Å². The molecule has 0 fully saturated rings. The van der Waals surface area contributed by atoms with Gasteiger partial charge in [0.1, 0.15) is 0 Å². The number of hydrogen-bond donors (Lipinski definition) is 2. The minimum absolute atomic E-state index is 0.100. The Kier molecular flexibility index (Phi) is 6.60. The molecule has 100 valence electrons. The molecule has 1 aromatic rings. The highest BCUT2D eigenvalue weighted by Crippen LogP contribution is 2.22. The summed E-state index contributed by atoms with van der Waals surface area (Å²) in [7, 11) is 0. The summed E-state index contributed by atoms with van der Waals surface area (Å²) in [5, 5.41) is 12.0. The first-order chi connectivity index (χ1) is 8.47.